The molecule has 2 heterocycles. The van der Waals surface area contributed by atoms with Crippen molar-refractivity contribution in [3.63, 3.8) is 0 Å². The van der Waals surface area contributed by atoms with Crippen LogP contribution in [-0.4, -0.2) is 41.0 Å². The van der Waals surface area contributed by atoms with Gasteiger partial charge in [-0.2, -0.15) is 0 Å². The molecule has 5 nitrogen and oxygen atoms in total. The molecule has 0 aliphatic carbocycles. The van der Waals surface area contributed by atoms with Crippen LogP contribution in [0.2, 0.25) is 0 Å². The van der Waals surface area contributed by atoms with Gasteiger partial charge in [-0.05, 0) is 32.4 Å². The van der Waals surface area contributed by atoms with E-state index in [9.17, 15) is 0 Å². The normalized spacial score (nSPS) is 19.8. The summed E-state index contributed by atoms with van der Waals surface area (Å²) >= 11 is 0. The third-order valence-electron chi connectivity index (χ3n) is 4.09. The van der Waals surface area contributed by atoms with Crippen LogP contribution in [0.4, 0.5) is 11.6 Å². The van der Waals surface area contributed by atoms with Crippen LogP contribution in [0.3, 0.4) is 0 Å². The number of nitrogens with one attached hydrogen (secondary N) is 1. The van der Waals surface area contributed by atoms with Crippen LogP contribution in [0.1, 0.15) is 44.5 Å². The van der Waals surface area contributed by atoms with Gasteiger partial charge in [0.1, 0.15) is 17.5 Å². The van der Waals surface area contributed by atoms with E-state index in [1.54, 1.807) is 0 Å². The summed E-state index contributed by atoms with van der Waals surface area (Å²) in [6, 6.07) is 0. The summed E-state index contributed by atoms with van der Waals surface area (Å²) in [6.45, 7) is 12.9. The molecule has 20 heavy (non-hydrogen) atoms. The van der Waals surface area contributed by atoms with E-state index in [1.807, 2.05) is 6.92 Å². The topological polar surface area (TPSA) is 67.1 Å². The average Bonchev–Trinajstić information content (AvgIpc) is 2.88. The van der Waals surface area contributed by atoms with Gasteiger partial charge in [0.05, 0.1) is 0 Å². The van der Waals surface area contributed by atoms with Crippen molar-refractivity contribution >= 4 is 11.6 Å². The molecule has 1 aromatic rings. The Morgan fingerprint density at radius 3 is 2.75 bits per heavy atom. The summed E-state index contributed by atoms with van der Waals surface area (Å²) < 4.78 is 0. The Balaban J connectivity index is 2.02. The first-order valence-corrected chi connectivity index (χ1v) is 7.61. The fraction of sp³-hybridized carbons (Fsp3) is 0.733. The molecule has 1 aliphatic rings. The van der Waals surface area contributed by atoms with Gasteiger partial charge in [-0.1, -0.05) is 20.8 Å². The highest BCUT2D eigenvalue weighted by Gasteiger charge is 2.21. The van der Waals surface area contributed by atoms with Crippen LogP contribution in [0, 0.1) is 12.8 Å². The molecule has 0 aromatic carbocycles. The smallest absolute Gasteiger partial charge is 0.135 e. The second-order valence-electron chi connectivity index (χ2n) is 6.02. The molecule has 1 aromatic heterocycles. The highest BCUT2D eigenvalue weighted by molar-refractivity contribution is 5.55. The van der Waals surface area contributed by atoms with Crippen molar-refractivity contribution in [2.75, 3.05) is 37.2 Å². The Labute approximate surface area is 122 Å². The predicted octanol–water partition coefficient (Wildman–Crippen LogP) is 2.24. The molecule has 112 valence electrons. The Hall–Kier alpha value is -1.36. The zero-order valence-electron chi connectivity index (χ0n) is 13.1. The van der Waals surface area contributed by atoms with E-state index in [-0.39, 0.29) is 0 Å². The fourth-order valence-electron chi connectivity index (χ4n) is 2.59. The predicted molar refractivity (Wildman–Crippen MR) is 84.0 cm³/mol. The summed E-state index contributed by atoms with van der Waals surface area (Å²) in [7, 11) is 0. The monoisotopic (exact) mass is 277 g/mol. The Kier molecular flexibility index (Phi) is 4.81. The number of nitrogen functional groups attached to an aromatic ring is 1. The highest BCUT2D eigenvalue weighted by atomic mass is 15.1. The van der Waals surface area contributed by atoms with Gasteiger partial charge in [-0.15, -0.1) is 0 Å². The van der Waals surface area contributed by atoms with Crippen molar-refractivity contribution in [3.8, 4) is 0 Å². The van der Waals surface area contributed by atoms with Crippen molar-refractivity contribution in [2.45, 2.75) is 40.0 Å². The van der Waals surface area contributed by atoms with E-state index in [4.69, 9.17) is 5.73 Å². The van der Waals surface area contributed by atoms with Gasteiger partial charge in [-0.25, -0.2) is 9.97 Å². The summed E-state index contributed by atoms with van der Waals surface area (Å²) in [5.41, 5.74) is 6.95. The lowest BCUT2D eigenvalue weighted by molar-refractivity contribution is 0.345. The van der Waals surface area contributed by atoms with Gasteiger partial charge in [0.25, 0.3) is 0 Å². The van der Waals surface area contributed by atoms with Crippen LogP contribution >= 0.6 is 0 Å². The van der Waals surface area contributed by atoms with Crippen molar-refractivity contribution in [2.24, 2.45) is 5.92 Å². The number of hydrogen-bond donors (Lipinski definition) is 2. The van der Waals surface area contributed by atoms with E-state index in [0.29, 0.717) is 17.7 Å². The summed E-state index contributed by atoms with van der Waals surface area (Å²) in [5, 5.41) is 3.48. The lowest BCUT2D eigenvalue weighted by atomic mass is 10.1. The lowest BCUT2D eigenvalue weighted by Crippen LogP contribution is -2.23. The SMILES string of the molecule is CCN1CCC(CNc2nc(C(C)C)nc(N)c2C)C1. The number of likely N-dealkylation sites (tertiary alicyclic amines) is 1. The van der Waals surface area contributed by atoms with Crippen molar-refractivity contribution < 1.29 is 0 Å². The van der Waals surface area contributed by atoms with E-state index >= 15 is 0 Å². The maximum atomic E-state index is 5.99. The molecule has 2 rings (SSSR count). The average molecular weight is 277 g/mol. The van der Waals surface area contributed by atoms with Crippen LogP contribution in [0.25, 0.3) is 0 Å². The third-order valence-corrected chi connectivity index (χ3v) is 4.09. The van der Waals surface area contributed by atoms with E-state index in [0.717, 1.165) is 30.3 Å². The maximum absolute atomic E-state index is 5.99. The zero-order valence-corrected chi connectivity index (χ0v) is 13.1. The molecule has 1 atom stereocenters. The van der Waals surface area contributed by atoms with Crippen LogP contribution < -0.4 is 11.1 Å². The summed E-state index contributed by atoms with van der Waals surface area (Å²) in [4.78, 5) is 11.5. The minimum Gasteiger partial charge on any atom is -0.383 e. The first-order chi connectivity index (χ1) is 9.51. The molecule has 0 radical (unpaired) electrons. The summed E-state index contributed by atoms with van der Waals surface area (Å²) in [5.74, 6) is 3.30. The Bertz CT molecular complexity index is 458. The molecule has 0 saturated carbocycles. The molecule has 0 spiro atoms. The first-order valence-electron chi connectivity index (χ1n) is 7.61. The number of nitrogens with two attached hydrogens (primary N) is 1. The quantitative estimate of drug-likeness (QED) is 0.864. The maximum Gasteiger partial charge on any atom is 0.135 e. The van der Waals surface area contributed by atoms with Crippen molar-refractivity contribution in [1.29, 1.82) is 0 Å². The number of rotatable bonds is 5. The minimum absolute atomic E-state index is 0.292. The minimum atomic E-state index is 0.292. The zero-order chi connectivity index (χ0) is 14.7. The van der Waals surface area contributed by atoms with Gasteiger partial charge in [0, 0.05) is 24.6 Å². The molecule has 3 N–H and O–H groups in total. The molecular formula is C15H27N5. The molecule has 1 fully saturated rings. The van der Waals surface area contributed by atoms with Gasteiger partial charge >= 0.3 is 0 Å². The van der Waals surface area contributed by atoms with E-state index in [1.165, 1.54) is 19.5 Å². The Morgan fingerprint density at radius 2 is 2.15 bits per heavy atom. The number of hydrogen-bond acceptors (Lipinski definition) is 5. The van der Waals surface area contributed by atoms with E-state index < -0.39 is 0 Å². The molecule has 0 bridgehead atoms. The molecule has 1 aliphatic heterocycles. The first kappa shape index (κ1) is 15.0. The van der Waals surface area contributed by atoms with E-state index in [2.05, 4.69) is 41.0 Å². The second-order valence-corrected chi connectivity index (χ2v) is 6.02. The van der Waals surface area contributed by atoms with Crippen LogP contribution in [-0.2, 0) is 0 Å². The third kappa shape index (κ3) is 3.39. The second kappa shape index (κ2) is 6.39. The molecular weight excluding hydrogens is 250 g/mol. The molecule has 1 unspecified atom stereocenters. The molecule has 5 heteroatoms. The van der Waals surface area contributed by atoms with Gasteiger partial charge in [0.2, 0.25) is 0 Å². The van der Waals surface area contributed by atoms with Crippen LogP contribution in [0.15, 0.2) is 0 Å². The summed E-state index contributed by atoms with van der Waals surface area (Å²) in [6.07, 6.45) is 1.26. The Morgan fingerprint density at radius 1 is 1.40 bits per heavy atom. The van der Waals surface area contributed by atoms with Gasteiger partial charge in [-0.3, -0.25) is 0 Å². The standard InChI is InChI=1S/C15H27N5/c1-5-20-7-6-12(9-20)8-17-15-11(4)13(16)18-14(19-15)10(2)3/h10,12H,5-9H2,1-4H3,(H3,16,17,18,19). The molecule has 1 saturated heterocycles. The highest BCUT2D eigenvalue weighted by Crippen LogP contribution is 2.22. The largest absolute Gasteiger partial charge is 0.383 e. The van der Waals surface area contributed by atoms with Crippen LogP contribution in [0.5, 0.6) is 0 Å². The van der Waals surface area contributed by atoms with Crippen molar-refractivity contribution in [3.05, 3.63) is 11.4 Å². The van der Waals surface area contributed by atoms with Crippen molar-refractivity contribution in [1.82, 2.24) is 14.9 Å². The lowest BCUT2D eigenvalue weighted by Gasteiger charge is -2.16. The number of nitrogens with zero attached hydrogens (tertiary/aromatic N) is 3. The number of aromatic nitrogens is 2. The number of anilines is 2. The molecule has 0 amide bonds. The fourth-order valence-corrected chi connectivity index (χ4v) is 2.59. The van der Waals surface area contributed by atoms with Gasteiger partial charge in [0.15, 0.2) is 0 Å². The van der Waals surface area contributed by atoms with Gasteiger partial charge < -0.3 is 16.0 Å².